The van der Waals surface area contributed by atoms with E-state index >= 15 is 0 Å². The molecule has 0 fully saturated rings. The van der Waals surface area contributed by atoms with Gasteiger partial charge in [0.15, 0.2) is 6.61 Å². The van der Waals surface area contributed by atoms with Crippen LogP contribution in [-0.4, -0.2) is 25.5 Å². The van der Waals surface area contributed by atoms with Gasteiger partial charge in [-0.3, -0.25) is 9.59 Å². The molecule has 4 rings (SSSR count). The molecule has 0 saturated carbocycles. The zero-order valence-electron chi connectivity index (χ0n) is 16.0. The summed E-state index contributed by atoms with van der Waals surface area (Å²) in [5.74, 6) is 1.10. The van der Waals surface area contributed by atoms with E-state index in [2.05, 4.69) is 10.6 Å². The fourth-order valence-corrected chi connectivity index (χ4v) is 3.80. The van der Waals surface area contributed by atoms with Crippen molar-refractivity contribution in [1.29, 1.82) is 0 Å². The Hall–Kier alpha value is -2.99. The third kappa shape index (κ3) is 4.07. The maximum atomic E-state index is 12.3. The van der Waals surface area contributed by atoms with Gasteiger partial charge in [0.05, 0.1) is 10.7 Å². The summed E-state index contributed by atoms with van der Waals surface area (Å²) in [6.45, 7) is -0.154. The highest BCUT2D eigenvalue weighted by molar-refractivity contribution is 6.34. The molecule has 0 unspecified atom stereocenters. The van der Waals surface area contributed by atoms with Gasteiger partial charge in [-0.1, -0.05) is 11.6 Å². The molecule has 0 aliphatic heterocycles. The van der Waals surface area contributed by atoms with E-state index in [-0.39, 0.29) is 23.4 Å². The molecule has 29 heavy (non-hydrogen) atoms. The second-order valence-corrected chi connectivity index (χ2v) is 7.39. The van der Waals surface area contributed by atoms with E-state index in [9.17, 15) is 9.59 Å². The summed E-state index contributed by atoms with van der Waals surface area (Å²) in [4.78, 5) is 23.9. The van der Waals surface area contributed by atoms with Crippen LogP contribution in [0.2, 0.25) is 5.02 Å². The van der Waals surface area contributed by atoms with Gasteiger partial charge in [0.25, 0.3) is 11.8 Å². The molecule has 1 heterocycles. The lowest BCUT2D eigenvalue weighted by Gasteiger charge is -2.10. The van der Waals surface area contributed by atoms with E-state index in [1.54, 1.807) is 25.2 Å². The second-order valence-electron chi connectivity index (χ2n) is 6.98. The van der Waals surface area contributed by atoms with Crippen LogP contribution in [0.5, 0.6) is 5.75 Å². The summed E-state index contributed by atoms with van der Waals surface area (Å²) >= 11 is 6.17. The predicted octanol–water partition coefficient (Wildman–Crippen LogP) is 4.34. The average molecular weight is 413 g/mol. The van der Waals surface area contributed by atoms with Crippen LogP contribution < -0.4 is 15.4 Å². The first-order valence-corrected chi connectivity index (χ1v) is 9.91. The Kier molecular flexibility index (Phi) is 5.45. The number of anilines is 1. The number of hydrogen-bond donors (Lipinski definition) is 2. The number of benzene rings is 2. The number of fused-ring (bicyclic) bond motifs is 3. The lowest BCUT2D eigenvalue weighted by molar-refractivity contribution is -0.118. The molecule has 7 heteroatoms. The van der Waals surface area contributed by atoms with Crippen LogP contribution in [0.15, 0.2) is 40.8 Å². The second kappa shape index (κ2) is 8.17. The first-order chi connectivity index (χ1) is 14.0. The summed E-state index contributed by atoms with van der Waals surface area (Å²) < 4.78 is 11.6. The van der Waals surface area contributed by atoms with Gasteiger partial charge in [-0.15, -0.1) is 0 Å². The van der Waals surface area contributed by atoms with E-state index in [0.29, 0.717) is 17.0 Å². The van der Waals surface area contributed by atoms with Crippen LogP contribution in [-0.2, 0) is 17.6 Å². The number of halogens is 1. The Balaban J connectivity index is 1.41. The van der Waals surface area contributed by atoms with E-state index in [1.807, 2.05) is 12.1 Å². The van der Waals surface area contributed by atoms with Crippen molar-refractivity contribution in [3.63, 3.8) is 0 Å². The minimum absolute atomic E-state index is 0.154. The number of furan rings is 1. The van der Waals surface area contributed by atoms with Crippen LogP contribution >= 0.6 is 11.6 Å². The molecule has 0 radical (unpaired) electrons. The van der Waals surface area contributed by atoms with Crippen molar-refractivity contribution >= 4 is 40.1 Å². The van der Waals surface area contributed by atoms with E-state index in [1.165, 1.54) is 11.6 Å². The fraction of sp³-hybridized carbons (Fsp3) is 0.273. The fourth-order valence-electron chi connectivity index (χ4n) is 3.57. The Labute approximate surface area is 173 Å². The first kappa shape index (κ1) is 19.3. The van der Waals surface area contributed by atoms with Crippen molar-refractivity contribution in [2.75, 3.05) is 19.0 Å². The summed E-state index contributed by atoms with van der Waals surface area (Å²) in [6, 6.07) is 10.3. The summed E-state index contributed by atoms with van der Waals surface area (Å²) in [6.07, 6.45) is 4.30. The van der Waals surface area contributed by atoms with Gasteiger partial charge in [-0.2, -0.15) is 0 Å². The number of ether oxygens (including phenoxy) is 1. The van der Waals surface area contributed by atoms with Crippen LogP contribution in [0.4, 0.5) is 5.69 Å². The molecule has 6 nitrogen and oxygen atoms in total. The Morgan fingerprint density at radius 3 is 2.76 bits per heavy atom. The van der Waals surface area contributed by atoms with Crippen LogP contribution in [0.1, 0.15) is 34.5 Å². The molecule has 1 aromatic heterocycles. The average Bonchev–Trinajstić information content (AvgIpc) is 3.11. The monoisotopic (exact) mass is 412 g/mol. The molecular weight excluding hydrogens is 392 g/mol. The van der Waals surface area contributed by atoms with Gasteiger partial charge >= 0.3 is 0 Å². The Morgan fingerprint density at radius 1 is 1.14 bits per heavy atom. The van der Waals surface area contributed by atoms with Crippen LogP contribution in [0.3, 0.4) is 0 Å². The number of aryl methyl sites for hydroxylation is 2. The van der Waals surface area contributed by atoms with Gasteiger partial charge in [0.1, 0.15) is 17.1 Å². The minimum Gasteiger partial charge on any atom is -0.484 e. The number of hydrogen-bond acceptors (Lipinski definition) is 4. The molecule has 1 aliphatic carbocycles. The van der Waals surface area contributed by atoms with E-state index in [0.717, 1.165) is 42.4 Å². The van der Waals surface area contributed by atoms with Crippen molar-refractivity contribution < 1.29 is 18.7 Å². The number of rotatable bonds is 5. The largest absolute Gasteiger partial charge is 0.484 e. The van der Waals surface area contributed by atoms with Gasteiger partial charge in [0, 0.05) is 30.0 Å². The summed E-state index contributed by atoms with van der Waals surface area (Å²) in [7, 11) is 1.54. The van der Waals surface area contributed by atoms with E-state index < -0.39 is 0 Å². The van der Waals surface area contributed by atoms with Gasteiger partial charge < -0.3 is 19.8 Å². The van der Waals surface area contributed by atoms with Gasteiger partial charge in [-0.25, -0.2) is 0 Å². The molecule has 3 aromatic rings. The molecule has 150 valence electrons. The molecule has 0 atom stereocenters. The number of carbonyl (C=O) groups is 2. The Bertz CT molecular complexity index is 1090. The number of amides is 2. The zero-order chi connectivity index (χ0) is 20.4. The normalized spacial score (nSPS) is 13.0. The standard InChI is InChI=1S/C22H21ClN2O4/c1-24-22(27)13-6-8-18(17(23)10-13)25-21(26)12-28-14-7-9-20-16(11-14)15-4-2-3-5-19(15)29-20/h6-11H,2-5,12H2,1H3,(H,24,27)(H,25,26). The number of carbonyl (C=O) groups excluding carboxylic acids is 2. The van der Waals surface area contributed by atoms with Crippen molar-refractivity contribution in [1.82, 2.24) is 5.32 Å². The molecule has 0 bridgehead atoms. The van der Waals surface area contributed by atoms with E-state index in [4.69, 9.17) is 20.8 Å². The highest BCUT2D eigenvalue weighted by Gasteiger charge is 2.18. The van der Waals surface area contributed by atoms with Crippen LogP contribution in [0, 0.1) is 0 Å². The molecule has 2 aromatic carbocycles. The van der Waals surface area contributed by atoms with Gasteiger partial charge in [0.2, 0.25) is 0 Å². The molecule has 2 amide bonds. The van der Waals surface area contributed by atoms with Crippen molar-refractivity contribution in [2.45, 2.75) is 25.7 Å². The smallest absolute Gasteiger partial charge is 0.262 e. The third-order valence-electron chi connectivity index (χ3n) is 5.03. The summed E-state index contributed by atoms with van der Waals surface area (Å²) in [5.41, 5.74) is 2.96. The highest BCUT2D eigenvalue weighted by Crippen LogP contribution is 2.34. The Morgan fingerprint density at radius 2 is 1.97 bits per heavy atom. The maximum absolute atomic E-state index is 12.3. The molecular formula is C22H21ClN2O4. The molecule has 1 aliphatic rings. The molecule has 2 N–H and O–H groups in total. The van der Waals surface area contributed by atoms with Crippen LogP contribution in [0.25, 0.3) is 11.0 Å². The number of nitrogens with one attached hydrogen (secondary N) is 2. The molecule has 0 saturated heterocycles. The minimum atomic E-state index is -0.339. The lowest BCUT2D eigenvalue weighted by Crippen LogP contribution is -2.21. The van der Waals surface area contributed by atoms with Crippen molar-refractivity contribution in [2.24, 2.45) is 0 Å². The van der Waals surface area contributed by atoms with Gasteiger partial charge in [-0.05, 0) is 55.7 Å². The SMILES string of the molecule is CNC(=O)c1ccc(NC(=O)COc2ccc3oc4c(c3c2)CCCC4)c(Cl)c1. The highest BCUT2D eigenvalue weighted by atomic mass is 35.5. The maximum Gasteiger partial charge on any atom is 0.262 e. The zero-order valence-corrected chi connectivity index (χ0v) is 16.8. The summed E-state index contributed by atoms with van der Waals surface area (Å²) in [5, 5.41) is 6.57. The van der Waals surface area contributed by atoms with Crippen molar-refractivity contribution in [3.05, 3.63) is 58.3 Å². The van der Waals surface area contributed by atoms with Crippen molar-refractivity contribution in [3.8, 4) is 5.75 Å². The third-order valence-corrected chi connectivity index (χ3v) is 5.34. The predicted molar refractivity (Wildman–Crippen MR) is 112 cm³/mol. The molecule has 0 spiro atoms. The quantitative estimate of drug-likeness (QED) is 0.653. The topological polar surface area (TPSA) is 80.6 Å². The first-order valence-electron chi connectivity index (χ1n) is 9.54. The lowest BCUT2D eigenvalue weighted by atomic mass is 9.96.